The first-order valence-corrected chi connectivity index (χ1v) is 8.64. The Morgan fingerprint density at radius 1 is 1.52 bits per heavy atom. The molecule has 0 amide bonds. The summed E-state index contributed by atoms with van der Waals surface area (Å²) >= 11 is 9.12. The van der Waals surface area contributed by atoms with Crippen LogP contribution in [0.5, 0.6) is 5.75 Å². The normalized spacial score (nSPS) is 19.7. The van der Waals surface area contributed by atoms with E-state index in [4.69, 9.17) is 21.4 Å². The fraction of sp³-hybridized carbons (Fsp3) is 0.417. The molecule has 0 aliphatic carbocycles. The lowest BCUT2D eigenvalue weighted by molar-refractivity contribution is -0.141. The van der Waals surface area contributed by atoms with Gasteiger partial charge < -0.3 is 9.84 Å². The van der Waals surface area contributed by atoms with E-state index in [9.17, 15) is 13.2 Å². The van der Waals surface area contributed by atoms with Crippen LogP contribution < -0.4 is 4.74 Å². The smallest absolute Gasteiger partial charge is 0.307 e. The van der Waals surface area contributed by atoms with E-state index in [1.54, 1.807) is 0 Å². The highest BCUT2D eigenvalue weighted by molar-refractivity contribution is 9.10. The lowest BCUT2D eigenvalue weighted by Gasteiger charge is -2.19. The predicted octanol–water partition coefficient (Wildman–Crippen LogP) is 2.21. The van der Waals surface area contributed by atoms with Crippen molar-refractivity contribution >= 4 is 43.5 Å². The molecule has 116 valence electrons. The largest absolute Gasteiger partial charge is 0.494 e. The maximum atomic E-state index is 12.7. The van der Waals surface area contributed by atoms with E-state index in [1.165, 1.54) is 19.2 Å². The summed E-state index contributed by atoms with van der Waals surface area (Å²) < 4.78 is 32.0. The molecule has 0 radical (unpaired) electrons. The molecular formula is C12H13BrClNO5S. The van der Waals surface area contributed by atoms with Crippen LogP contribution in [-0.4, -0.2) is 44.0 Å². The summed E-state index contributed by atoms with van der Waals surface area (Å²) in [6, 6.07) is 2.83. The van der Waals surface area contributed by atoms with Crippen LogP contribution >= 0.6 is 27.5 Å². The molecule has 1 aromatic rings. The number of halogens is 2. The zero-order valence-corrected chi connectivity index (χ0v) is 14.2. The first-order chi connectivity index (χ1) is 9.77. The first-order valence-electron chi connectivity index (χ1n) is 6.03. The summed E-state index contributed by atoms with van der Waals surface area (Å²) in [6.07, 6.45) is 0.290. The van der Waals surface area contributed by atoms with Gasteiger partial charge in [-0.25, -0.2) is 8.42 Å². The number of carboxylic acids is 1. The first kappa shape index (κ1) is 16.5. The van der Waals surface area contributed by atoms with Gasteiger partial charge in [0.25, 0.3) is 0 Å². The van der Waals surface area contributed by atoms with Gasteiger partial charge in [0.15, 0.2) is 5.75 Å². The lowest BCUT2D eigenvalue weighted by Crippen LogP contribution is -2.30. The molecule has 0 saturated carbocycles. The minimum atomic E-state index is -3.86. The van der Waals surface area contributed by atoms with Crippen molar-refractivity contribution in [1.29, 1.82) is 0 Å². The molecule has 1 aliphatic rings. The van der Waals surface area contributed by atoms with Crippen LogP contribution in [0.4, 0.5) is 0 Å². The standard InChI is InChI=1S/C12H13BrClNO5S/c1-20-11-9(13)4-8(14)5-10(11)21(18,19)15-3-2-7(6-15)12(16)17/h4-5,7H,2-3,6H2,1H3,(H,16,17)/t7-/m0/s1. The van der Waals surface area contributed by atoms with Crippen molar-refractivity contribution in [2.24, 2.45) is 5.92 Å². The van der Waals surface area contributed by atoms with Gasteiger partial charge >= 0.3 is 5.97 Å². The van der Waals surface area contributed by atoms with E-state index in [0.29, 0.717) is 10.9 Å². The molecule has 1 aromatic carbocycles. The Bertz CT molecular complexity index is 678. The van der Waals surface area contributed by atoms with E-state index in [1.807, 2.05) is 0 Å². The molecule has 1 saturated heterocycles. The van der Waals surface area contributed by atoms with Crippen LogP contribution in [0.1, 0.15) is 6.42 Å². The third-order valence-corrected chi connectivity index (χ3v) is 5.97. The van der Waals surface area contributed by atoms with Gasteiger partial charge in [-0.15, -0.1) is 0 Å². The summed E-state index contributed by atoms with van der Waals surface area (Å²) in [5.74, 6) is -1.53. The summed E-state index contributed by atoms with van der Waals surface area (Å²) in [5.41, 5.74) is 0. The Kier molecular flexibility index (Phi) is 4.82. The van der Waals surface area contributed by atoms with Crippen molar-refractivity contribution < 1.29 is 23.1 Å². The Morgan fingerprint density at radius 2 is 2.19 bits per heavy atom. The average Bonchev–Trinajstić information content (AvgIpc) is 2.88. The van der Waals surface area contributed by atoms with Crippen LogP contribution in [0.3, 0.4) is 0 Å². The monoisotopic (exact) mass is 397 g/mol. The van der Waals surface area contributed by atoms with Crippen LogP contribution in [0.25, 0.3) is 0 Å². The number of sulfonamides is 1. The zero-order valence-electron chi connectivity index (χ0n) is 11.0. The van der Waals surface area contributed by atoms with E-state index in [-0.39, 0.29) is 28.8 Å². The molecular weight excluding hydrogens is 386 g/mol. The molecule has 21 heavy (non-hydrogen) atoms. The number of hydrogen-bond donors (Lipinski definition) is 1. The highest BCUT2D eigenvalue weighted by atomic mass is 79.9. The number of carboxylic acid groups (broad SMARTS) is 1. The van der Waals surface area contributed by atoms with Crippen LogP contribution in [-0.2, 0) is 14.8 Å². The van der Waals surface area contributed by atoms with Crippen LogP contribution in [0, 0.1) is 5.92 Å². The summed E-state index contributed by atoms with van der Waals surface area (Å²) in [7, 11) is -2.50. The van der Waals surface area contributed by atoms with Crippen LogP contribution in [0.15, 0.2) is 21.5 Å². The van der Waals surface area contributed by atoms with Crippen LogP contribution in [0.2, 0.25) is 5.02 Å². The van der Waals surface area contributed by atoms with Gasteiger partial charge in [0.1, 0.15) is 4.90 Å². The van der Waals surface area contributed by atoms with Gasteiger partial charge in [0.05, 0.1) is 17.5 Å². The maximum Gasteiger partial charge on any atom is 0.307 e. The molecule has 1 heterocycles. The maximum absolute atomic E-state index is 12.7. The molecule has 0 bridgehead atoms. The van der Waals surface area contributed by atoms with Crippen molar-refractivity contribution in [1.82, 2.24) is 4.31 Å². The zero-order chi connectivity index (χ0) is 15.8. The fourth-order valence-electron chi connectivity index (χ4n) is 2.21. The van der Waals surface area contributed by atoms with E-state index in [2.05, 4.69) is 15.9 Å². The highest BCUT2D eigenvalue weighted by Crippen LogP contribution is 2.38. The number of aliphatic carboxylic acids is 1. The second kappa shape index (κ2) is 6.12. The lowest BCUT2D eigenvalue weighted by atomic mass is 10.1. The van der Waals surface area contributed by atoms with E-state index in [0.717, 1.165) is 4.31 Å². The minimum Gasteiger partial charge on any atom is -0.494 e. The van der Waals surface area contributed by atoms with Crippen molar-refractivity contribution in [3.8, 4) is 5.75 Å². The third kappa shape index (κ3) is 3.18. The molecule has 9 heteroatoms. The number of benzene rings is 1. The van der Waals surface area contributed by atoms with Gasteiger partial charge in [-0.1, -0.05) is 11.6 Å². The predicted molar refractivity (Wildman–Crippen MR) is 80.2 cm³/mol. The molecule has 6 nitrogen and oxygen atoms in total. The van der Waals surface area contributed by atoms with Gasteiger partial charge in [-0.05, 0) is 34.5 Å². The summed E-state index contributed by atoms with van der Waals surface area (Å²) in [5, 5.41) is 9.23. The number of rotatable bonds is 4. The molecule has 1 atom stereocenters. The number of methoxy groups -OCH3 is 1. The van der Waals surface area contributed by atoms with Crippen molar-refractivity contribution in [3.05, 3.63) is 21.6 Å². The minimum absolute atomic E-state index is 0.0506. The fourth-order valence-corrected chi connectivity index (χ4v) is 5.09. The molecule has 1 N–H and O–H groups in total. The highest BCUT2D eigenvalue weighted by Gasteiger charge is 2.37. The second-order valence-electron chi connectivity index (χ2n) is 4.61. The van der Waals surface area contributed by atoms with Gasteiger partial charge in [-0.2, -0.15) is 4.31 Å². The van der Waals surface area contributed by atoms with Gasteiger partial charge in [-0.3, -0.25) is 4.79 Å². The van der Waals surface area contributed by atoms with Gasteiger partial charge in [0.2, 0.25) is 10.0 Å². The second-order valence-corrected chi connectivity index (χ2v) is 7.80. The van der Waals surface area contributed by atoms with E-state index >= 15 is 0 Å². The van der Waals surface area contributed by atoms with Crippen molar-refractivity contribution in [2.45, 2.75) is 11.3 Å². The Morgan fingerprint density at radius 3 is 2.71 bits per heavy atom. The van der Waals surface area contributed by atoms with Gasteiger partial charge in [0, 0.05) is 18.1 Å². The number of carbonyl (C=O) groups is 1. The molecule has 0 spiro atoms. The topological polar surface area (TPSA) is 83.9 Å². The molecule has 0 aromatic heterocycles. The number of ether oxygens (including phenoxy) is 1. The van der Waals surface area contributed by atoms with Crippen molar-refractivity contribution in [2.75, 3.05) is 20.2 Å². The van der Waals surface area contributed by atoms with E-state index < -0.39 is 21.9 Å². The molecule has 0 unspecified atom stereocenters. The number of nitrogens with zero attached hydrogens (tertiary/aromatic N) is 1. The molecule has 1 aliphatic heterocycles. The SMILES string of the molecule is COc1c(Br)cc(Cl)cc1S(=O)(=O)N1CC[C@H](C(=O)O)C1. The quantitative estimate of drug-likeness (QED) is 0.840. The van der Waals surface area contributed by atoms with Crippen molar-refractivity contribution in [3.63, 3.8) is 0 Å². The summed E-state index contributed by atoms with van der Waals surface area (Å²) in [6.45, 7) is 0.109. The number of hydrogen-bond acceptors (Lipinski definition) is 4. The average molecular weight is 399 g/mol. The summed E-state index contributed by atoms with van der Waals surface area (Å²) in [4.78, 5) is 10.9. The Hall–Kier alpha value is -0.830. The third-order valence-electron chi connectivity index (χ3n) is 3.30. The molecule has 1 fully saturated rings. The Balaban J connectivity index is 2.44. The Labute approximate surface area is 135 Å². The molecule has 2 rings (SSSR count).